The molecule has 3 nitrogen and oxygen atoms in total. The summed E-state index contributed by atoms with van der Waals surface area (Å²) >= 11 is 5.74. The molecule has 0 atom stereocenters. The van der Waals surface area contributed by atoms with Crippen LogP contribution in [0.2, 0.25) is 5.02 Å². The van der Waals surface area contributed by atoms with Crippen molar-refractivity contribution < 1.29 is 19.0 Å². The molecule has 1 saturated carbocycles. The zero-order chi connectivity index (χ0) is 11.9. The molecule has 1 aromatic rings. The molecule has 1 aliphatic rings. The van der Waals surface area contributed by atoms with Crippen LogP contribution >= 0.6 is 11.6 Å². The molecule has 0 heterocycles. The quantitative estimate of drug-likeness (QED) is 0.889. The molecule has 2 rings (SSSR count). The number of aliphatic carboxylic acids is 1. The highest BCUT2D eigenvalue weighted by Gasteiger charge is 2.53. The molecule has 1 fully saturated rings. The van der Waals surface area contributed by atoms with Gasteiger partial charge < -0.3 is 9.84 Å². The Morgan fingerprint density at radius 3 is 2.62 bits per heavy atom. The number of rotatable bonds is 3. The lowest BCUT2D eigenvalue weighted by molar-refractivity contribution is -0.140. The maximum Gasteiger partial charge on any atom is 0.314 e. The molecule has 0 bridgehead atoms. The van der Waals surface area contributed by atoms with Crippen LogP contribution in [0.15, 0.2) is 12.1 Å². The molecule has 16 heavy (non-hydrogen) atoms. The summed E-state index contributed by atoms with van der Waals surface area (Å²) in [6, 6.07) is 2.47. The number of ether oxygens (including phenoxy) is 1. The van der Waals surface area contributed by atoms with Crippen molar-refractivity contribution in [1.82, 2.24) is 0 Å². The van der Waals surface area contributed by atoms with Crippen molar-refractivity contribution in [1.29, 1.82) is 0 Å². The van der Waals surface area contributed by atoms with Gasteiger partial charge in [-0.2, -0.15) is 0 Å². The number of halogens is 2. The average Bonchev–Trinajstić information content (AvgIpc) is 2.99. The van der Waals surface area contributed by atoms with Gasteiger partial charge in [-0.15, -0.1) is 0 Å². The van der Waals surface area contributed by atoms with E-state index in [-0.39, 0.29) is 10.6 Å². The third kappa shape index (κ3) is 1.53. The van der Waals surface area contributed by atoms with Gasteiger partial charge in [0.15, 0.2) is 0 Å². The molecule has 1 aromatic carbocycles. The van der Waals surface area contributed by atoms with Gasteiger partial charge in [-0.25, -0.2) is 4.39 Å². The van der Waals surface area contributed by atoms with Crippen molar-refractivity contribution in [2.45, 2.75) is 18.3 Å². The van der Waals surface area contributed by atoms with E-state index in [4.69, 9.17) is 21.4 Å². The Bertz CT molecular complexity index is 455. The predicted molar refractivity (Wildman–Crippen MR) is 56.5 cm³/mol. The standard InChI is InChI=1S/C11H10ClFO3/c1-16-9-4-6(8(13)5-7(9)12)11(2-3-11)10(14)15/h4-5H,2-3H2,1H3,(H,14,15). The van der Waals surface area contributed by atoms with Crippen LogP contribution in [0.1, 0.15) is 18.4 Å². The first kappa shape index (κ1) is 11.2. The molecule has 0 unspecified atom stereocenters. The number of benzene rings is 1. The Kier molecular flexibility index (Phi) is 2.54. The number of carbonyl (C=O) groups is 1. The third-order valence-electron chi connectivity index (χ3n) is 2.92. The van der Waals surface area contributed by atoms with Crippen molar-refractivity contribution in [2.24, 2.45) is 0 Å². The predicted octanol–water partition coefficient (Wildman–Crippen LogP) is 2.60. The number of methoxy groups -OCH3 is 1. The van der Waals surface area contributed by atoms with E-state index in [0.717, 1.165) is 6.07 Å². The molecule has 1 aliphatic carbocycles. The minimum absolute atomic E-state index is 0.143. The van der Waals surface area contributed by atoms with E-state index < -0.39 is 17.2 Å². The fourth-order valence-electron chi connectivity index (χ4n) is 1.78. The van der Waals surface area contributed by atoms with Gasteiger partial charge in [-0.05, 0) is 25.0 Å². The van der Waals surface area contributed by atoms with Crippen LogP contribution in [-0.4, -0.2) is 18.2 Å². The van der Waals surface area contributed by atoms with Crippen molar-refractivity contribution in [3.05, 3.63) is 28.5 Å². The number of carboxylic acid groups (broad SMARTS) is 1. The largest absolute Gasteiger partial charge is 0.495 e. The summed E-state index contributed by atoms with van der Waals surface area (Å²) in [5, 5.41) is 9.22. The third-order valence-corrected chi connectivity index (χ3v) is 3.21. The second kappa shape index (κ2) is 3.63. The van der Waals surface area contributed by atoms with E-state index in [0.29, 0.717) is 18.6 Å². The van der Waals surface area contributed by atoms with Crippen LogP contribution in [0.25, 0.3) is 0 Å². The highest BCUT2D eigenvalue weighted by molar-refractivity contribution is 6.32. The molecule has 0 spiro atoms. The lowest BCUT2D eigenvalue weighted by Gasteiger charge is -2.13. The number of carboxylic acids is 1. The smallest absolute Gasteiger partial charge is 0.314 e. The topological polar surface area (TPSA) is 46.5 Å². The summed E-state index contributed by atoms with van der Waals surface area (Å²) in [6.07, 6.45) is 0.897. The first-order valence-electron chi connectivity index (χ1n) is 4.78. The zero-order valence-corrected chi connectivity index (χ0v) is 9.34. The molecular weight excluding hydrogens is 235 g/mol. The van der Waals surface area contributed by atoms with Crippen LogP contribution < -0.4 is 4.74 Å². The lowest BCUT2D eigenvalue weighted by Crippen LogP contribution is -2.21. The minimum Gasteiger partial charge on any atom is -0.495 e. The highest BCUT2D eigenvalue weighted by atomic mass is 35.5. The summed E-state index contributed by atoms with van der Waals surface area (Å²) in [5.74, 6) is -1.30. The molecule has 0 saturated heterocycles. The van der Waals surface area contributed by atoms with E-state index >= 15 is 0 Å². The van der Waals surface area contributed by atoms with Crippen LogP contribution in [0.5, 0.6) is 5.75 Å². The van der Waals surface area contributed by atoms with E-state index in [9.17, 15) is 9.18 Å². The van der Waals surface area contributed by atoms with Crippen LogP contribution in [0.3, 0.4) is 0 Å². The first-order chi connectivity index (χ1) is 7.51. The van der Waals surface area contributed by atoms with E-state index in [1.807, 2.05) is 0 Å². The average molecular weight is 245 g/mol. The molecule has 0 aromatic heterocycles. The van der Waals surface area contributed by atoms with Gasteiger partial charge in [-0.3, -0.25) is 4.79 Å². The van der Waals surface area contributed by atoms with Crippen LogP contribution in [0.4, 0.5) is 4.39 Å². The Balaban J connectivity index is 2.53. The van der Waals surface area contributed by atoms with Crippen molar-refractivity contribution >= 4 is 17.6 Å². The monoisotopic (exact) mass is 244 g/mol. The van der Waals surface area contributed by atoms with Crippen molar-refractivity contribution in [2.75, 3.05) is 7.11 Å². The Morgan fingerprint density at radius 2 is 2.19 bits per heavy atom. The molecule has 5 heteroatoms. The molecule has 0 aliphatic heterocycles. The highest BCUT2D eigenvalue weighted by Crippen LogP contribution is 2.50. The molecule has 1 N–H and O–H groups in total. The van der Waals surface area contributed by atoms with Gasteiger partial charge in [0.2, 0.25) is 0 Å². The second-order valence-electron chi connectivity index (χ2n) is 3.85. The maximum absolute atomic E-state index is 13.7. The Morgan fingerprint density at radius 1 is 1.56 bits per heavy atom. The molecular formula is C11H10ClFO3. The maximum atomic E-state index is 13.7. The lowest BCUT2D eigenvalue weighted by atomic mass is 9.95. The fraction of sp³-hybridized carbons (Fsp3) is 0.364. The Hall–Kier alpha value is -1.29. The van der Waals surface area contributed by atoms with Gasteiger partial charge >= 0.3 is 5.97 Å². The van der Waals surface area contributed by atoms with Crippen LogP contribution in [0, 0.1) is 5.82 Å². The van der Waals surface area contributed by atoms with Gasteiger partial charge in [0.25, 0.3) is 0 Å². The van der Waals surface area contributed by atoms with E-state index in [1.54, 1.807) is 0 Å². The van der Waals surface area contributed by atoms with E-state index in [2.05, 4.69) is 0 Å². The summed E-state index contributed by atoms with van der Waals surface area (Å²) in [6.45, 7) is 0. The van der Waals surface area contributed by atoms with E-state index in [1.165, 1.54) is 13.2 Å². The first-order valence-corrected chi connectivity index (χ1v) is 5.16. The Labute approximate surface area is 96.8 Å². The summed E-state index contributed by atoms with van der Waals surface area (Å²) in [4.78, 5) is 11.1. The number of hydrogen-bond donors (Lipinski definition) is 1. The van der Waals surface area contributed by atoms with Gasteiger partial charge in [-0.1, -0.05) is 11.6 Å². The summed E-state index contributed by atoms with van der Waals surface area (Å²) in [7, 11) is 1.41. The normalized spacial score (nSPS) is 16.9. The van der Waals surface area contributed by atoms with Gasteiger partial charge in [0, 0.05) is 5.56 Å². The fourth-order valence-corrected chi connectivity index (χ4v) is 2.00. The summed E-state index contributed by atoms with van der Waals surface area (Å²) < 4.78 is 18.6. The van der Waals surface area contributed by atoms with Crippen molar-refractivity contribution in [3.8, 4) is 5.75 Å². The number of hydrogen-bond acceptors (Lipinski definition) is 2. The summed E-state index contributed by atoms with van der Waals surface area (Å²) in [5.41, 5.74) is -0.927. The molecule has 0 radical (unpaired) electrons. The van der Waals surface area contributed by atoms with Gasteiger partial charge in [0.05, 0.1) is 17.5 Å². The second-order valence-corrected chi connectivity index (χ2v) is 4.26. The van der Waals surface area contributed by atoms with Gasteiger partial charge in [0.1, 0.15) is 11.6 Å². The molecule has 0 amide bonds. The SMILES string of the molecule is COc1cc(C2(C(=O)O)CC2)c(F)cc1Cl. The molecule has 86 valence electrons. The van der Waals surface area contributed by atoms with Crippen LogP contribution in [-0.2, 0) is 10.2 Å². The van der Waals surface area contributed by atoms with Crippen molar-refractivity contribution in [3.63, 3.8) is 0 Å². The zero-order valence-electron chi connectivity index (χ0n) is 8.59. The minimum atomic E-state index is -1.08.